The molecule has 0 saturated carbocycles. The van der Waals surface area contributed by atoms with Crippen LogP contribution in [0.2, 0.25) is 0 Å². The first-order valence-corrected chi connectivity index (χ1v) is 7.80. The number of hydrogen-bond acceptors (Lipinski definition) is 4. The number of nitrogens with two attached hydrogens (primary N) is 2. The molecule has 2 aromatic rings. The predicted molar refractivity (Wildman–Crippen MR) is 116 cm³/mol. The number of piperazine rings is 1. The lowest BCUT2D eigenvalue weighted by Gasteiger charge is -2.36. The maximum Gasteiger partial charge on any atom is 0.0621 e. The normalized spacial score (nSPS) is 14.0. The monoisotopic (exact) mass is 404 g/mol. The van der Waals surface area contributed by atoms with E-state index in [1.54, 1.807) is 0 Å². The van der Waals surface area contributed by atoms with Crippen LogP contribution in [-0.4, -0.2) is 31.1 Å². The Kier molecular flexibility index (Phi) is 10.0. The van der Waals surface area contributed by atoms with Crippen molar-refractivity contribution < 1.29 is 0 Å². The number of nitrogen functional groups attached to an aromatic ring is 2. The fourth-order valence-electron chi connectivity index (χ4n) is 3.00. The van der Waals surface area contributed by atoms with E-state index in [-0.39, 0.29) is 37.2 Å². The second-order valence-electron chi connectivity index (χ2n) is 6.02. The van der Waals surface area contributed by atoms with Crippen LogP contribution in [0.25, 0.3) is 0 Å². The van der Waals surface area contributed by atoms with E-state index in [1.165, 1.54) is 5.56 Å². The highest BCUT2D eigenvalue weighted by atomic mass is 35.5. The number of benzene rings is 2. The Hall–Kier alpha value is -1.33. The third kappa shape index (κ3) is 5.86. The molecule has 0 bridgehead atoms. The van der Waals surface area contributed by atoms with E-state index in [4.69, 9.17) is 11.5 Å². The number of aryl methyl sites for hydroxylation is 1. The van der Waals surface area contributed by atoms with Crippen molar-refractivity contribution >= 4 is 54.3 Å². The largest absolute Gasteiger partial charge is 0.398 e. The van der Waals surface area contributed by atoms with E-state index in [9.17, 15) is 0 Å². The van der Waals surface area contributed by atoms with Crippen LogP contribution in [0, 0.1) is 6.92 Å². The molecule has 0 radical (unpaired) electrons. The summed E-state index contributed by atoms with van der Waals surface area (Å²) in [4.78, 5) is 4.83. The van der Waals surface area contributed by atoms with Crippen molar-refractivity contribution in [2.75, 3.05) is 42.5 Å². The van der Waals surface area contributed by atoms with Gasteiger partial charge < -0.3 is 16.4 Å². The molecule has 25 heavy (non-hydrogen) atoms. The van der Waals surface area contributed by atoms with Crippen LogP contribution in [0.5, 0.6) is 0 Å². The number of anilines is 3. The Labute approximate surface area is 168 Å². The Morgan fingerprint density at radius 2 is 1.44 bits per heavy atom. The highest BCUT2D eigenvalue weighted by Crippen LogP contribution is 2.29. The van der Waals surface area contributed by atoms with Gasteiger partial charge in [-0.1, -0.05) is 30.3 Å². The van der Waals surface area contributed by atoms with Crippen molar-refractivity contribution in [1.82, 2.24) is 4.90 Å². The Morgan fingerprint density at radius 1 is 0.840 bits per heavy atom. The minimum atomic E-state index is 0. The van der Waals surface area contributed by atoms with Gasteiger partial charge in [0.25, 0.3) is 0 Å². The second kappa shape index (κ2) is 10.6. The molecular weight excluding hydrogens is 379 g/mol. The molecule has 0 aliphatic carbocycles. The highest BCUT2D eigenvalue weighted by Gasteiger charge is 2.19. The molecule has 0 atom stereocenters. The minimum Gasteiger partial charge on any atom is -0.398 e. The van der Waals surface area contributed by atoms with Gasteiger partial charge in [-0.25, -0.2) is 0 Å². The third-order valence-corrected chi connectivity index (χ3v) is 4.38. The van der Waals surface area contributed by atoms with Crippen molar-refractivity contribution in [2.24, 2.45) is 0 Å². The van der Waals surface area contributed by atoms with Gasteiger partial charge in [0.2, 0.25) is 0 Å². The fourth-order valence-corrected chi connectivity index (χ4v) is 3.00. The Bertz CT molecular complexity index is 644. The fraction of sp³-hybridized carbons (Fsp3) is 0.333. The molecule has 2 aromatic carbocycles. The summed E-state index contributed by atoms with van der Waals surface area (Å²) in [6, 6.07) is 14.6. The topological polar surface area (TPSA) is 58.5 Å². The van der Waals surface area contributed by atoms with Crippen LogP contribution in [0.1, 0.15) is 11.1 Å². The first kappa shape index (κ1) is 23.7. The number of halogens is 3. The van der Waals surface area contributed by atoms with Crippen LogP contribution in [0.15, 0.2) is 42.5 Å². The van der Waals surface area contributed by atoms with Crippen molar-refractivity contribution in [3.05, 3.63) is 53.6 Å². The maximum absolute atomic E-state index is 6.17. The Balaban J connectivity index is 0.00000192. The summed E-state index contributed by atoms with van der Waals surface area (Å²) in [5, 5.41) is 0. The molecule has 0 aromatic heterocycles. The molecule has 1 saturated heterocycles. The van der Waals surface area contributed by atoms with Crippen LogP contribution in [0.4, 0.5) is 17.1 Å². The quantitative estimate of drug-likeness (QED) is 0.764. The zero-order chi connectivity index (χ0) is 15.5. The summed E-state index contributed by atoms with van der Waals surface area (Å²) >= 11 is 0. The number of nitrogens with zero attached hydrogens (tertiary/aromatic N) is 2. The lowest BCUT2D eigenvalue weighted by atomic mass is 10.1. The van der Waals surface area contributed by atoms with Crippen molar-refractivity contribution in [3.8, 4) is 0 Å². The van der Waals surface area contributed by atoms with Gasteiger partial charge in [-0.15, -0.1) is 37.2 Å². The zero-order valence-corrected chi connectivity index (χ0v) is 16.8. The first-order chi connectivity index (χ1) is 10.6. The SMILES string of the molecule is Cc1cc(N)c(N2CCN(Cc3ccccc3)CC2)cc1N.Cl.Cl.Cl. The van der Waals surface area contributed by atoms with E-state index in [0.717, 1.165) is 55.3 Å². The number of hydrogen-bond donors (Lipinski definition) is 2. The molecule has 0 amide bonds. The lowest BCUT2D eigenvalue weighted by molar-refractivity contribution is 0.250. The van der Waals surface area contributed by atoms with Gasteiger partial charge in [-0.05, 0) is 30.2 Å². The van der Waals surface area contributed by atoms with Crippen molar-refractivity contribution in [1.29, 1.82) is 0 Å². The Morgan fingerprint density at radius 3 is 2.04 bits per heavy atom. The van der Waals surface area contributed by atoms with Crippen LogP contribution in [-0.2, 0) is 6.54 Å². The first-order valence-electron chi connectivity index (χ1n) is 7.80. The smallest absolute Gasteiger partial charge is 0.0621 e. The lowest BCUT2D eigenvalue weighted by Crippen LogP contribution is -2.46. The summed E-state index contributed by atoms with van der Waals surface area (Å²) in [5.41, 5.74) is 17.3. The molecule has 1 aliphatic rings. The van der Waals surface area contributed by atoms with Gasteiger partial charge in [0.05, 0.1) is 11.4 Å². The average molecular weight is 406 g/mol. The minimum absolute atomic E-state index is 0. The molecule has 3 rings (SSSR count). The number of rotatable bonds is 3. The molecule has 1 fully saturated rings. The van der Waals surface area contributed by atoms with E-state index in [1.807, 2.05) is 19.1 Å². The van der Waals surface area contributed by atoms with Crippen molar-refractivity contribution in [3.63, 3.8) is 0 Å². The molecule has 0 unspecified atom stereocenters. The van der Waals surface area contributed by atoms with Crippen LogP contribution in [0.3, 0.4) is 0 Å². The molecule has 4 nitrogen and oxygen atoms in total. The summed E-state index contributed by atoms with van der Waals surface area (Å²) in [6.07, 6.45) is 0. The second-order valence-corrected chi connectivity index (χ2v) is 6.02. The highest BCUT2D eigenvalue weighted by molar-refractivity contribution is 5.86. The van der Waals surface area contributed by atoms with E-state index in [0.29, 0.717) is 0 Å². The molecule has 140 valence electrons. The molecular formula is C18H27Cl3N4. The van der Waals surface area contributed by atoms with E-state index in [2.05, 4.69) is 40.1 Å². The van der Waals surface area contributed by atoms with Crippen LogP contribution >= 0.6 is 37.2 Å². The van der Waals surface area contributed by atoms with Gasteiger partial charge in [0.15, 0.2) is 0 Å². The van der Waals surface area contributed by atoms with E-state index < -0.39 is 0 Å². The predicted octanol–water partition coefficient (Wildman–Crippen LogP) is 3.75. The summed E-state index contributed by atoms with van der Waals surface area (Å²) in [6.45, 7) is 7.07. The molecule has 1 aliphatic heterocycles. The summed E-state index contributed by atoms with van der Waals surface area (Å²) < 4.78 is 0. The standard InChI is InChI=1S/C18H24N4.3ClH/c1-14-11-17(20)18(12-16(14)19)22-9-7-21(8-10-22)13-15-5-3-2-4-6-15;;;/h2-6,11-12H,7-10,13,19-20H2,1H3;3*1H. The molecule has 7 heteroatoms. The van der Waals surface area contributed by atoms with Gasteiger partial charge in [-0.3, -0.25) is 4.90 Å². The van der Waals surface area contributed by atoms with Gasteiger partial charge in [0, 0.05) is 38.4 Å². The summed E-state index contributed by atoms with van der Waals surface area (Å²) in [7, 11) is 0. The van der Waals surface area contributed by atoms with Gasteiger partial charge in [-0.2, -0.15) is 0 Å². The molecule has 4 N–H and O–H groups in total. The summed E-state index contributed by atoms with van der Waals surface area (Å²) in [5.74, 6) is 0. The zero-order valence-electron chi connectivity index (χ0n) is 14.4. The third-order valence-electron chi connectivity index (χ3n) is 4.38. The average Bonchev–Trinajstić information content (AvgIpc) is 2.53. The maximum atomic E-state index is 6.17. The van der Waals surface area contributed by atoms with Crippen molar-refractivity contribution in [2.45, 2.75) is 13.5 Å². The van der Waals surface area contributed by atoms with Gasteiger partial charge >= 0.3 is 0 Å². The van der Waals surface area contributed by atoms with E-state index >= 15 is 0 Å². The molecule has 1 heterocycles. The van der Waals surface area contributed by atoms with Crippen LogP contribution < -0.4 is 16.4 Å². The molecule has 0 spiro atoms. The van der Waals surface area contributed by atoms with Gasteiger partial charge in [0.1, 0.15) is 0 Å².